The number of β-lactam (4-membered cyclic amide) rings is 1. The summed E-state index contributed by atoms with van der Waals surface area (Å²) >= 11 is 12.2. The van der Waals surface area contributed by atoms with Gasteiger partial charge in [-0.3, -0.25) is 14.5 Å². The SMILES string of the molecule is NCCSCc1nc(N)sc1SC1=C(C(=O)O)N2C(=O)C(NC(=O)C(N=O)c3nc(N)sc3Cl)C2SC1. The summed E-state index contributed by atoms with van der Waals surface area (Å²) in [6.45, 7) is 0.516. The molecule has 0 radical (unpaired) electrons. The molecule has 3 unspecified atom stereocenters. The van der Waals surface area contributed by atoms with Crippen LogP contribution in [-0.4, -0.2) is 67.2 Å². The second-order valence-electron chi connectivity index (χ2n) is 7.42. The molecular formula is C18H19ClN8O5S5. The van der Waals surface area contributed by atoms with Gasteiger partial charge in [0.15, 0.2) is 10.3 Å². The van der Waals surface area contributed by atoms with Gasteiger partial charge in [-0.1, -0.05) is 46.0 Å². The Balaban J connectivity index is 1.51. The molecule has 0 spiro atoms. The van der Waals surface area contributed by atoms with E-state index in [9.17, 15) is 24.4 Å². The average molecular weight is 623 g/mol. The molecule has 0 aliphatic carbocycles. The number of fused-ring (bicyclic) bond motifs is 1. The molecule has 4 heterocycles. The molecule has 2 aromatic rings. The summed E-state index contributed by atoms with van der Waals surface area (Å²) in [7, 11) is 0. The number of anilines is 2. The van der Waals surface area contributed by atoms with Gasteiger partial charge < -0.3 is 27.6 Å². The van der Waals surface area contributed by atoms with Crippen LogP contribution in [0.3, 0.4) is 0 Å². The van der Waals surface area contributed by atoms with Gasteiger partial charge in [0.2, 0.25) is 6.04 Å². The molecule has 0 saturated carbocycles. The topological polar surface area (TPSA) is 220 Å². The Kier molecular flexibility index (Phi) is 8.87. The van der Waals surface area contributed by atoms with E-state index in [4.69, 9.17) is 28.8 Å². The highest BCUT2D eigenvalue weighted by atomic mass is 35.5. The molecule has 4 rings (SSSR count). The molecule has 37 heavy (non-hydrogen) atoms. The van der Waals surface area contributed by atoms with E-state index in [1.807, 2.05) is 0 Å². The normalized spacial score (nSPS) is 19.8. The molecule has 3 atom stereocenters. The summed E-state index contributed by atoms with van der Waals surface area (Å²) in [6, 6.07) is -2.66. The van der Waals surface area contributed by atoms with Crippen molar-refractivity contribution in [1.29, 1.82) is 0 Å². The zero-order valence-electron chi connectivity index (χ0n) is 18.6. The Morgan fingerprint density at radius 2 is 2.03 bits per heavy atom. The minimum Gasteiger partial charge on any atom is -0.477 e. The number of carboxylic acids is 1. The van der Waals surface area contributed by atoms with Crippen molar-refractivity contribution in [3.05, 3.63) is 31.2 Å². The van der Waals surface area contributed by atoms with E-state index >= 15 is 0 Å². The fraction of sp³-hybridized carbons (Fsp3) is 0.389. The second kappa shape index (κ2) is 11.7. The molecular weight excluding hydrogens is 604 g/mol. The van der Waals surface area contributed by atoms with E-state index in [-0.39, 0.29) is 26.6 Å². The summed E-state index contributed by atoms with van der Waals surface area (Å²) in [5, 5.41) is 14.9. The first-order valence-electron chi connectivity index (χ1n) is 10.3. The fourth-order valence-electron chi connectivity index (χ4n) is 3.51. The van der Waals surface area contributed by atoms with Crippen LogP contribution in [0.15, 0.2) is 20.0 Å². The zero-order valence-corrected chi connectivity index (χ0v) is 23.4. The lowest BCUT2D eigenvalue weighted by molar-refractivity contribution is -0.150. The van der Waals surface area contributed by atoms with Gasteiger partial charge in [0.1, 0.15) is 27.1 Å². The summed E-state index contributed by atoms with van der Waals surface area (Å²) in [5.41, 5.74) is 17.5. The molecule has 19 heteroatoms. The molecule has 198 valence electrons. The highest BCUT2D eigenvalue weighted by molar-refractivity contribution is 8.07. The predicted octanol–water partition coefficient (Wildman–Crippen LogP) is 1.91. The summed E-state index contributed by atoms with van der Waals surface area (Å²) < 4.78 is 0.778. The van der Waals surface area contributed by atoms with Crippen molar-refractivity contribution in [2.75, 3.05) is 29.5 Å². The van der Waals surface area contributed by atoms with Crippen molar-refractivity contribution in [2.45, 2.75) is 27.4 Å². The number of rotatable bonds is 11. The molecule has 13 nitrogen and oxygen atoms in total. The van der Waals surface area contributed by atoms with Crippen LogP contribution in [0.25, 0.3) is 0 Å². The van der Waals surface area contributed by atoms with Crippen LogP contribution in [0.4, 0.5) is 10.3 Å². The number of amides is 2. The van der Waals surface area contributed by atoms with E-state index in [1.165, 1.54) is 34.9 Å². The van der Waals surface area contributed by atoms with E-state index in [0.717, 1.165) is 31.9 Å². The van der Waals surface area contributed by atoms with Gasteiger partial charge in [0.05, 0.1) is 9.90 Å². The first kappa shape index (κ1) is 27.9. The number of thiazole rings is 2. The molecule has 8 N–H and O–H groups in total. The zero-order chi connectivity index (χ0) is 26.9. The largest absolute Gasteiger partial charge is 0.477 e. The van der Waals surface area contributed by atoms with Crippen LogP contribution in [-0.2, 0) is 20.1 Å². The second-order valence-corrected chi connectivity index (χ2v) is 13.7. The minimum absolute atomic E-state index is 0.0353. The first-order chi connectivity index (χ1) is 17.7. The van der Waals surface area contributed by atoms with Gasteiger partial charge >= 0.3 is 5.97 Å². The van der Waals surface area contributed by atoms with Crippen LogP contribution >= 0.6 is 69.6 Å². The lowest BCUT2D eigenvalue weighted by Crippen LogP contribution is -2.70. The van der Waals surface area contributed by atoms with Gasteiger partial charge in [-0.05, 0) is 5.18 Å². The number of hydrogen-bond donors (Lipinski definition) is 5. The van der Waals surface area contributed by atoms with Crippen LogP contribution in [0, 0.1) is 4.91 Å². The summed E-state index contributed by atoms with van der Waals surface area (Å²) in [4.78, 5) is 59.1. The number of carbonyl (C=O) groups excluding carboxylic acids is 2. The van der Waals surface area contributed by atoms with E-state index in [0.29, 0.717) is 22.3 Å². The third kappa shape index (κ3) is 5.69. The lowest BCUT2D eigenvalue weighted by atomic mass is 10.0. The Labute approximate surface area is 235 Å². The third-order valence-corrected chi connectivity index (χ3v) is 10.9. The van der Waals surface area contributed by atoms with Gasteiger partial charge in [0, 0.05) is 28.7 Å². The maximum Gasteiger partial charge on any atom is 0.353 e. The number of aromatic nitrogens is 2. The highest BCUT2D eigenvalue weighted by Gasteiger charge is 2.55. The van der Waals surface area contributed by atoms with Gasteiger partial charge in [-0.15, -0.1) is 16.7 Å². The fourth-order valence-corrected chi connectivity index (χ4v) is 9.06. The van der Waals surface area contributed by atoms with Crippen molar-refractivity contribution in [1.82, 2.24) is 20.2 Å². The molecule has 2 amide bonds. The number of thioether (sulfide) groups is 3. The summed E-state index contributed by atoms with van der Waals surface area (Å²) in [5.74, 6) is -1.22. The van der Waals surface area contributed by atoms with E-state index in [1.54, 1.807) is 11.8 Å². The molecule has 1 saturated heterocycles. The van der Waals surface area contributed by atoms with Crippen molar-refractivity contribution in [3.63, 3.8) is 0 Å². The van der Waals surface area contributed by atoms with Gasteiger partial charge in [0.25, 0.3) is 11.8 Å². The highest BCUT2D eigenvalue weighted by Crippen LogP contribution is 2.47. The quantitative estimate of drug-likeness (QED) is 0.137. The number of nitrogens with zero attached hydrogens (tertiary/aromatic N) is 4. The third-order valence-electron chi connectivity index (χ3n) is 5.07. The Bertz CT molecular complexity index is 1290. The standard InChI is InChI=1S/C18H19ClN8O5S5/c19-11-7(25-18(22)36-11)8(26-32)12(28)24-9-13(29)27-10(15(30)31)6(4-34-14(9)27)35-16-5(3-33-2-1-20)23-17(21)37-16/h8-9,14H,1-4,20H2,(H2,21,23)(H2,22,25)(H,24,28)(H,30,31). The maximum absolute atomic E-state index is 13.0. The number of carbonyl (C=O) groups is 3. The van der Waals surface area contributed by atoms with Crippen LogP contribution < -0.4 is 22.5 Å². The van der Waals surface area contributed by atoms with Crippen molar-refractivity contribution >= 4 is 97.6 Å². The van der Waals surface area contributed by atoms with Crippen molar-refractivity contribution in [3.8, 4) is 0 Å². The summed E-state index contributed by atoms with van der Waals surface area (Å²) in [6.07, 6.45) is 0. The minimum atomic E-state index is -1.61. The van der Waals surface area contributed by atoms with Crippen molar-refractivity contribution < 1.29 is 19.5 Å². The molecule has 2 aliphatic heterocycles. The van der Waals surface area contributed by atoms with Gasteiger partial charge in [-0.2, -0.15) is 11.8 Å². The smallest absolute Gasteiger partial charge is 0.353 e. The number of halogens is 1. The predicted molar refractivity (Wildman–Crippen MR) is 147 cm³/mol. The molecule has 2 aliphatic rings. The number of carboxylic acid groups (broad SMARTS) is 1. The Morgan fingerprint density at radius 3 is 2.65 bits per heavy atom. The monoisotopic (exact) mass is 622 g/mol. The van der Waals surface area contributed by atoms with Crippen LogP contribution in [0.2, 0.25) is 4.34 Å². The molecule has 0 bridgehead atoms. The Hall–Kier alpha value is -2.09. The van der Waals surface area contributed by atoms with E-state index < -0.39 is 35.2 Å². The van der Waals surface area contributed by atoms with E-state index in [2.05, 4.69) is 20.5 Å². The van der Waals surface area contributed by atoms with Crippen LogP contribution in [0.5, 0.6) is 0 Å². The number of aliphatic carboxylic acids is 1. The Morgan fingerprint density at radius 1 is 1.30 bits per heavy atom. The van der Waals surface area contributed by atoms with Crippen molar-refractivity contribution in [2.24, 2.45) is 10.9 Å². The number of nitrogen functional groups attached to an aromatic ring is 2. The number of hydrogen-bond acceptors (Lipinski definition) is 15. The average Bonchev–Trinajstić information content (AvgIpc) is 3.37. The number of nitroso groups, excluding NO2 is 1. The van der Waals surface area contributed by atoms with Gasteiger partial charge in [-0.25, -0.2) is 14.8 Å². The maximum atomic E-state index is 13.0. The molecule has 2 aromatic heterocycles. The molecule has 0 aromatic carbocycles. The number of nitrogens with two attached hydrogens (primary N) is 3. The first-order valence-corrected chi connectivity index (χ1v) is 15.4. The lowest BCUT2D eigenvalue weighted by Gasteiger charge is -2.49. The number of nitrogens with one attached hydrogen (secondary N) is 1. The van der Waals surface area contributed by atoms with Crippen LogP contribution in [0.1, 0.15) is 17.4 Å². The molecule has 1 fully saturated rings.